The molecular weight excluding hydrogens is 162 g/mol. The van der Waals surface area contributed by atoms with E-state index in [9.17, 15) is 0 Å². The average molecular weight is 177 g/mol. The summed E-state index contributed by atoms with van der Waals surface area (Å²) >= 11 is 0. The minimum absolute atomic E-state index is 0.823. The molecule has 1 saturated carbocycles. The number of ether oxygens (including phenoxy) is 1. The van der Waals surface area contributed by atoms with E-state index in [1.807, 2.05) is 31.3 Å². The lowest BCUT2D eigenvalue weighted by Gasteiger charge is -2.05. The smallest absolute Gasteiger partial charge is 0.119 e. The summed E-state index contributed by atoms with van der Waals surface area (Å²) in [6, 6.07) is 8.08. The SMILES string of the molecule is CNc1ccc(OCC2CC2)cc1. The van der Waals surface area contributed by atoms with Gasteiger partial charge in [-0.3, -0.25) is 0 Å². The molecule has 1 fully saturated rings. The van der Waals surface area contributed by atoms with E-state index < -0.39 is 0 Å². The van der Waals surface area contributed by atoms with Crippen LogP contribution in [0.1, 0.15) is 12.8 Å². The molecule has 0 amide bonds. The standard InChI is InChI=1S/C11H15NO/c1-12-10-4-6-11(7-5-10)13-8-9-2-3-9/h4-7,9,12H,2-3,8H2,1H3. The van der Waals surface area contributed by atoms with Gasteiger partial charge in [-0.1, -0.05) is 0 Å². The lowest BCUT2D eigenvalue weighted by molar-refractivity contribution is 0.300. The molecule has 0 aliphatic heterocycles. The van der Waals surface area contributed by atoms with Crippen LogP contribution in [0, 0.1) is 5.92 Å². The molecule has 0 unspecified atom stereocenters. The molecule has 1 aliphatic carbocycles. The number of hydrogen-bond acceptors (Lipinski definition) is 2. The summed E-state index contributed by atoms with van der Waals surface area (Å²) in [4.78, 5) is 0. The van der Waals surface area contributed by atoms with Gasteiger partial charge in [0.1, 0.15) is 5.75 Å². The maximum atomic E-state index is 5.60. The second kappa shape index (κ2) is 3.69. The minimum atomic E-state index is 0.823. The van der Waals surface area contributed by atoms with Gasteiger partial charge in [0.2, 0.25) is 0 Å². The van der Waals surface area contributed by atoms with E-state index in [0.717, 1.165) is 24.0 Å². The summed E-state index contributed by atoms with van der Waals surface area (Å²) in [5, 5.41) is 3.08. The lowest BCUT2D eigenvalue weighted by Crippen LogP contribution is -1.98. The normalized spacial score (nSPS) is 15.5. The Bertz CT molecular complexity index is 264. The van der Waals surface area contributed by atoms with Gasteiger partial charge in [0.05, 0.1) is 6.61 Å². The first-order valence-electron chi connectivity index (χ1n) is 4.79. The van der Waals surface area contributed by atoms with E-state index in [1.165, 1.54) is 12.8 Å². The monoisotopic (exact) mass is 177 g/mol. The molecule has 2 nitrogen and oxygen atoms in total. The van der Waals surface area contributed by atoms with Gasteiger partial charge in [0, 0.05) is 12.7 Å². The van der Waals surface area contributed by atoms with E-state index in [4.69, 9.17) is 4.74 Å². The molecule has 0 bridgehead atoms. The van der Waals surface area contributed by atoms with Crippen molar-refractivity contribution >= 4 is 5.69 Å². The van der Waals surface area contributed by atoms with Crippen molar-refractivity contribution in [3.05, 3.63) is 24.3 Å². The molecule has 0 heterocycles. The molecule has 2 heteroatoms. The van der Waals surface area contributed by atoms with Crippen LogP contribution in [-0.2, 0) is 0 Å². The Labute approximate surface area is 78.9 Å². The van der Waals surface area contributed by atoms with Crippen molar-refractivity contribution in [2.45, 2.75) is 12.8 Å². The zero-order valence-corrected chi connectivity index (χ0v) is 7.92. The van der Waals surface area contributed by atoms with Crippen LogP contribution in [0.15, 0.2) is 24.3 Å². The third-order valence-electron chi connectivity index (χ3n) is 2.33. The fourth-order valence-electron chi connectivity index (χ4n) is 1.22. The Morgan fingerprint density at radius 2 is 2.00 bits per heavy atom. The van der Waals surface area contributed by atoms with Crippen molar-refractivity contribution in [1.29, 1.82) is 0 Å². The molecule has 1 aromatic rings. The van der Waals surface area contributed by atoms with Crippen LogP contribution in [0.5, 0.6) is 5.75 Å². The van der Waals surface area contributed by atoms with Gasteiger partial charge >= 0.3 is 0 Å². The van der Waals surface area contributed by atoms with Crippen molar-refractivity contribution in [2.24, 2.45) is 5.92 Å². The van der Waals surface area contributed by atoms with Crippen LogP contribution < -0.4 is 10.1 Å². The van der Waals surface area contributed by atoms with Crippen LogP contribution in [0.4, 0.5) is 5.69 Å². The highest BCUT2D eigenvalue weighted by Crippen LogP contribution is 2.29. The summed E-state index contributed by atoms with van der Waals surface area (Å²) in [6.07, 6.45) is 2.68. The summed E-state index contributed by atoms with van der Waals surface area (Å²) in [6.45, 7) is 0.888. The van der Waals surface area contributed by atoms with Gasteiger partial charge in [-0.05, 0) is 43.0 Å². The second-order valence-electron chi connectivity index (χ2n) is 3.53. The molecular formula is C11H15NO. The fourth-order valence-corrected chi connectivity index (χ4v) is 1.22. The molecule has 0 spiro atoms. The van der Waals surface area contributed by atoms with E-state index in [2.05, 4.69) is 5.32 Å². The largest absolute Gasteiger partial charge is 0.493 e. The van der Waals surface area contributed by atoms with E-state index in [0.29, 0.717) is 0 Å². The maximum Gasteiger partial charge on any atom is 0.119 e. The quantitative estimate of drug-likeness (QED) is 0.763. The molecule has 0 atom stereocenters. The van der Waals surface area contributed by atoms with E-state index in [1.54, 1.807) is 0 Å². The highest BCUT2D eigenvalue weighted by atomic mass is 16.5. The fraction of sp³-hybridized carbons (Fsp3) is 0.455. The minimum Gasteiger partial charge on any atom is -0.493 e. The van der Waals surface area contributed by atoms with Crippen molar-refractivity contribution in [3.63, 3.8) is 0 Å². The molecule has 0 aromatic heterocycles. The van der Waals surface area contributed by atoms with Gasteiger partial charge in [-0.2, -0.15) is 0 Å². The van der Waals surface area contributed by atoms with Crippen molar-refractivity contribution in [3.8, 4) is 5.75 Å². The average Bonchev–Trinajstić information content (AvgIpc) is 2.99. The summed E-state index contributed by atoms with van der Waals surface area (Å²) < 4.78 is 5.60. The third-order valence-corrected chi connectivity index (χ3v) is 2.33. The van der Waals surface area contributed by atoms with Crippen molar-refractivity contribution in [1.82, 2.24) is 0 Å². The van der Waals surface area contributed by atoms with Gasteiger partial charge < -0.3 is 10.1 Å². The Morgan fingerprint density at radius 1 is 1.31 bits per heavy atom. The Hall–Kier alpha value is -1.18. The van der Waals surface area contributed by atoms with Crippen LogP contribution in [0.2, 0.25) is 0 Å². The predicted molar refractivity (Wildman–Crippen MR) is 54.2 cm³/mol. The summed E-state index contributed by atoms with van der Waals surface area (Å²) in [5.74, 6) is 1.80. The zero-order chi connectivity index (χ0) is 9.10. The molecule has 2 rings (SSSR count). The van der Waals surface area contributed by atoms with Crippen molar-refractivity contribution < 1.29 is 4.74 Å². The maximum absolute atomic E-state index is 5.60. The zero-order valence-electron chi connectivity index (χ0n) is 7.92. The Kier molecular flexibility index (Phi) is 2.39. The number of anilines is 1. The molecule has 70 valence electrons. The van der Waals surface area contributed by atoms with Gasteiger partial charge in [-0.15, -0.1) is 0 Å². The second-order valence-corrected chi connectivity index (χ2v) is 3.53. The number of hydrogen-bond donors (Lipinski definition) is 1. The summed E-state index contributed by atoms with van der Waals surface area (Å²) in [5.41, 5.74) is 1.12. The first-order valence-corrected chi connectivity index (χ1v) is 4.79. The molecule has 1 N–H and O–H groups in total. The van der Waals surface area contributed by atoms with Crippen LogP contribution in [0.25, 0.3) is 0 Å². The molecule has 13 heavy (non-hydrogen) atoms. The number of benzene rings is 1. The third kappa shape index (κ3) is 2.38. The molecule has 1 aromatic carbocycles. The summed E-state index contributed by atoms with van der Waals surface area (Å²) in [7, 11) is 1.92. The Morgan fingerprint density at radius 3 is 2.54 bits per heavy atom. The highest BCUT2D eigenvalue weighted by Gasteiger charge is 2.21. The molecule has 1 aliphatic rings. The lowest BCUT2D eigenvalue weighted by atomic mass is 10.3. The molecule has 0 saturated heterocycles. The van der Waals surface area contributed by atoms with Gasteiger partial charge in [0.25, 0.3) is 0 Å². The Balaban J connectivity index is 1.88. The van der Waals surface area contributed by atoms with Gasteiger partial charge in [-0.25, -0.2) is 0 Å². The number of rotatable bonds is 4. The van der Waals surface area contributed by atoms with Gasteiger partial charge in [0.15, 0.2) is 0 Å². The van der Waals surface area contributed by atoms with Crippen LogP contribution in [-0.4, -0.2) is 13.7 Å². The first-order chi connectivity index (χ1) is 6.38. The molecule has 0 radical (unpaired) electrons. The highest BCUT2D eigenvalue weighted by molar-refractivity contribution is 5.45. The van der Waals surface area contributed by atoms with E-state index >= 15 is 0 Å². The van der Waals surface area contributed by atoms with Crippen LogP contribution in [0.3, 0.4) is 0 Å². The topological polar surface area (TPSA) is 21.3 Å². The number of nitrogens with one attached hydrogen (secondary N) is 1. The van der Waals surface area contributed by atoms with Crippen molar-refractivity contribution in [2.75, 3.05) is 19.0 Å². The first kappa shape index (κ1) is 8.42. The van der Waals surface area contributed by atoms with Crippen LogP contribution >= 0.6 is 0 Å². The van der Waals surface area contributed by atoms with E-state index in [-0.39, 0.29) is 0 Å². The predicted octanol–water partition coefficient (Wildman–Crippen LogP) is 2.52.